The molecule has 0 heterocycles. The maximum atomic E-state index is 9.54. The van der Waals surface area contributed by atoms with Crippen LogP contribution in [-0.4, -0.2) is 17.1 Å². The highest BCUT2D eigenvalue weighted by molar-refractivity contribution is 5.39. The van der Waals surface area contributed by atoms with Gasteiger partial charge in [-0.05, 0) is 38.5 Å². The van der Waals surface area contributed by atoms with Crippen molar-refractivity contribution < 1.29 is 9.84 Å². The fraction of sp³-hybridized carbons (Fsp3) is 0.500. The largest absolute Gasteiger partial charge is 0.399 e. The summed E-state index contributed by atoms with van der Waals surface area (Å²) in [6.45, 7) is 6.21. The van der Waals surface area contributed by atoms with Crippen molar-refractivity contribution >= 4 is 5.69 Å². The van der Waals surface area contributed by atoms with Gasteiger partial charge in [-0.15, -0.1) is 0 Å². The molecule has 16 heavy (non-hydrogen) atoms. The van der Waals surface area contributed by atoms with Crippen molar-refractivity contribution in [2.45, 2.75) is 39.3 Å². The van der Waals surface area contributed by atoms with Gasteiger partial charge in [0.2, 0.25) is 6.41 Å². The Labute approximate surface area is 96.4 Å². The van der Waals surface area contributed by atoms with Gasteiger partial charge in [0, 0.05) is 12.2 Å². The van der Waals surface area contributed by atoms with E-state index < -0.39 is 6.41 Å². The van der Waals surface area contributed by atoms with Crippen LogP contribution >= 0.6 is 0 Å². The highest BCUT2D eigenvalue weighted by Crippen LogP contribution is 2.09. The summed E-state index contributed by atoms with van der Waals surface area (Å²) in [4.78, 5) is 0. The molecule has 0 bridgehead atoms. The molecule has 0 aliphatic carbocycles. The number of hydrogen-bond acceptors (Lipinski definition) is 4. The number of nitrogens with one attached hydrogen (secondary N) is 1. The second kappa shape index (κ2) is 5.30. The monoisotopic (exact) mass is 224 g/mol. The normalized spacial score (nSPS) is 13.8. The van der Waals surface area contributed by atoms with E-state index in [0.29, 0.717) is 6.54 Å². The number of anilines is 1. The summed E-state index contributed by atoms with van der Waals surface area (Å²) in [5, 5.41) is 12.4. The molecular weight excluding hydrogens is 204 g/mol. The Hall–Kier alpha value is -1.10. The van der Waals surface area contributed by atoms with Crippen LogP contribution in [0.1, 0.15) is 26.3 Å². The molecule has 4 nitrogen and oxygen atoms in total. The number of aliphatic hydroxyl groups excluding tert-OH is 1. The third-order valence-electron chi connectivity index (χ3n) is 1.93. The highest BCUT2D eigenvalue weighted by atomic mass is 16.6. The van der Waals surface area contributed by atoms with Crippen LogP contribution in [0.5, 0.6) is 0 Å². The number of hydrogen-bond donors (Lipinski definition) is 3. The molecule has 4 N–H and O–H groups in total. The van der Waals surface area contributed by atoms with E-state index in [4.69, 9.17) is 10.5 Å². The van der Waals surface area contributed by atoms with E-state index in [1.165, 1.54) is 0 Å². The van der Waals surface area contributed by atoms with E-state index in [1.807, 2.05) is 45.0 Å². The molecule has 0 fully saturated rings. The zero-order valence-electron chi connectivity index (χ0n) is 10.0. The fourth-order valence-corrected chi connectivity index (χ4v) is 1.22. The number of nitrogens with two attached hydrogens (primary N) is 1. The van der Waals surface area contributed by atoms with Gasteiger partial charge in [-0.1, -0.05) is 12.1 Å². The summed E-state index contributed by atoms with van der Waals surface area (Å²) in [5.74, 6) is 0. The molecule has 0 saturated carbocycles. The zero-order chi connectivity index (χ0) is 12.2. The van der Waals surface area contributed by atoms with Crippen molar-refractivity contribution in [3.63, 3.8) is 0 Å². The molecule has 1 aromatic carbocycles. The average Bonchev–Trinajstić information content (AvgIpc) is 2.14. The number of nitrogen functional groups attached to an aromatic ring is 1. The van der Waals surface area contributed by atoms with Gasteiger partial charge in [-0.25, -0.2) is 0 Å². The number of rotatable bonds is 4. The van der Waals surface area contributed by atoms with Crippen LogP contribution < -0.4 is 11.1 Å². The molecule has 0 aliphatic rings. The Morgan fingerprint density at radius 3 is 2.38 bits per heavy atom. The van der Waals surface area contributed by atoms with E-state index in [2.05, 4.69) is 5.32 Å². The molecule has 1 unspecified atom stereocenters. The molecule has 0 aromatic heterocycles. The van der Waals surface area contributed by atoms with Gasteiger partial charge in [-0.2, -0.15) is 0 Å². The second-order valence-electron chi connectivity index (χ2n) is 4.71. The van der Waals surface area contributed by atoms with Crippen LogP contribution in [0, 0.1) is 0 Å². The van der Waals surface area contributed by atoms with Crippen molar-refractivity contribution in [1.29, 1.82) is 0 Å². The maximum Gasteiger partial charge on any atom is 0.214 e. The molecule has 1 rings (SSSR count). The summed E-state index contributed by atoms with van der Waals surface area (Å²) in [7, 11) is 0. The summed E-state index contributed by atoms with van der Waals surface area (Å²) >= 11 is 0. The molecule has 1 aromatic rings. The maximum absolute atomic E-state index is 9.54. The molecule has 0 amide bonds. The number of ether oxygens (including phenoxy) is 1. The molecule has 0 saturated heterocycles. The van der Waals surface area contributed by atoms with E-state index in [9.17, 15) is 5.11 Å². The van der Waals surface area contributed by atoms with Crippen molar-refractivity contribution in [2.75, 3.05) is 5.73 Å². The van der Waals surface area contributed by atoms with E-state index in [0.717, 1.165) is 11.3 Å². The van der Waals surface area contributed by atoms with Crippen LogP contribution in [0.4, 0.5) is 5.69 Å². The average molecular weight is 224 g/mol. The van der Waals surface area contributed by atoms with E-state index in [-0.39, 0.29) is 5.60 Å². The summed E-state index contributed by atoms with van der Waals surface area (Å²) in [6, 6.07) is 7.47. The third-order valence-corrected chi connectivity index (χ3v) is 1.93. The minimum Gasteiger partial charge on any atom is -0.399 e. The van der Waals surface area contributed by atoms with Gasteiger partial charge in [-0.3, -0.25) is 5.32 Å². The lowest BCUT2D eigenvalue weighted by Crippen LogP contribution is -2.37. The van der Waals surface area contributed by atoms with Gasteiger partial charge < -0.3 is 15.6 Å². The SMILES string of the molecule is CC(C)(C)OC(O)NCc1ccc(N)cc1. The third kappa shape index (κ3) is 5.11. The first-order chi connectivity index (χ1) is 7.37. The first kappa shape index (κ1) is 13.0. The Morgan fingerprint density at radius 2 is 1.88 bits per heavy atom. The quantitative estimate of drug-likeness (QED) is 0.535. The minimum absolute atomic E-state index is 0.368. The van der Waals surface area contributed by atoms with E-state index in [1.54, 1.807) is 0 Å². The Kier molecular flexibility index (Phi) is 4.29. The lowest BCUT2D eigenvalue weighted by Gasteiger charge is -2.24. The molecule has 90 valence electrons. The molecule has 0 spiro atoms. The predicted octanol–water partition coefficient (Wildman–Crippen LogP) is 1.45. The van der Waals surface area contributed by atoms with Gasteiger partial charge in [0.1, 0.15) is 0 Å². The Balaban J connectivity index is 2.37. The number of aliphatic hydroxyl groups is 1. The molecule has 1 atom stereocenters. The van der Waals surface area contributed by atoms with Crippen molar-refractivity contribution in [3.8, 4) is 0 Å². The fourth-order valence-electron chi connectivity index (χ4n) is 1.22. The zero-order valence-corrected chi connectivity index (χ0v) is 10.0. The molecule has 0 radical (unpaired) electrons. The summed E-state index contributed by atoms with van der Waals surface area (Å²) in [5.41, 5.74) is 6.98. The van der Waals surface area contributed by atoms with Gasteiger partial charge in [0.25, 0.3) is 0 Å². The second-order valence-corrected chi connectivity index (χ2v) is 4.71. The standard InChI is InChI=1S/C12H20N2O2/c1-12(2,3)16-11(15)14-8-9-4-6-10(13)7-5-9/h4-7,11,14-15H,8,13H2,1-3H3. The van der Waals surface area contributed by atoms with Crippen molar-refractivity contribution in [3.05, 3.63) is 29.8 Å². The minimum atomic E-state index is -0.961. The highest BCUT2D eigenvalue weighted by Gasteiger charge is 2.15. The lowest BCUT2D eigenvalue weighted by molar-refractivity contribution is -0.182. The first-order valence-electron chi connectivity index (χ1n) is 5.30. The van der Waals surface area contributed by atoms with Crippen LogP contribution in [-0.2, 0) is 11.3 Å². The van der Waals surface area contributed by atoms with Crippen molar-refractivity contribution in [1.82, 2.24) is 5.32 Å². The van der Waals surface area contributed by atoms with E-state index >= 15 is 0 Å². The van der Waals surface area contributed by atoms with Gasteiger partial charge in [0.05, 0.1) is 5.60 Å². The van der Waals surface area contributed by atoms with Crippen LogP contribution in [0.3, 0.4) is 0 Å². The molecular formula is C12H20N2O2. The topological polar surface area (TPSA) is 67.5 Å². The Bertz CT molecular complexity index is 317. The smallest absolute Gasteiger partial charge is 0.214 e. The van der Waals surface area contributed by atoms with Gasteiger partial charge >= 0.3 is 0 Å². The number of benzene rings is 1. The van der Waals surface area contributed by atoms with Crippen LogP contribution in [0.15, 0.2) is 24.3 Å². The summed E-state index contributed by atoms with van der Waals surface area (Å²) in [6.07, 6.45) is -0.961. The van der Waals surface area contributed by atoms with Crippen LogP contribution in [0.25, 0.3) is 0 Å². The lowest BCUT2D eigenvalue weighted by atomic mass is 10.2. The first-order valence-corrected chi connectivity index (χ1v) is 5.30. The summed E-state index contributed by atoms with van der Waals surface area (Å²) < 4.78 is 5.30. The Morgan fingerprint density at radius 1 is 1.31 bits per heavy atom. The molecule has 0 aliphatic heterocycles. The van der Waals surface area contributed by atoms with Gasteiger partial charge in [0.15, 0.2) is 0 Å². The van der Waals surface area contributed by atoms with Crippen LogP contribution in [0.2, 0.25) is 0 Å². The predicted molar refractivity (Wildman–Crippen MR) is 64.5 cm³/mol. The molecule has 4 heteroatoms. The van der Waals surface area contributed by atoms with Crippen molar-refractivity contribution in [2.24, 2.45) is 0 Å².